The molecule has 0 aliphatic heterocycles. The molecule has 1 rings (SSSR count). The van der Waals surface area contributed by atoms with Crippen LogP contribution in [0.2, 0.25) is 0 Å². The van der Waals surface area contributed by atoms with Crippen LogP contribution < -0.4 is 17.0 Å². The maximum Gasteiger partial charge on any atom is 0.328 e. The lowest BCUT2D eigenvalue weighted by Crippen LogP contribution is -2.41. The Balaban J connectivity index is 2.98. The zero-order chi connectivity index (χ0) is 12.3. The van der Waals surface area contributed by atoms with E-state index in [4.69, 9.17) is 5.73 Å². The number of nitrogens with two attached hydrogens (primary N) is 1. The van der Waals surface area contributed by atoms with Crippen LogP contribution >= 0.6 is 0 Å². The van der Waals surface area contributed by atoms with E-state index < -0.39 is 23.3 Å². The lowest BCUT2D eigenvalue weighted by atomic mass is 10.3. The number of esters is 1. The van der Waals surface area contributed by atoms with Crippen LogP contribution in [0, 0.1) is 6.92 Å². The normalized spacial score (nSPS) is 12.2. The average molecular weight is 227 g/mol. The molecule has 0 aliphatic carbocycles. The molecule has 7 heteroatoms. The van der Waals surface area contributed by atoms with Crippen molar-refractivity contribution >= 4 is 5.97 Å². The minimum atomic E-state index is -0.937. The Labute approximate surface area is 90.8 Å². The smallest absolute Gasteiger partial charge is 0.328 e. The Morgan fingerprint density at radius 2 is 2.25 bits per heavy atom. The Morgan fingerprint density at radius 1 is 1.62 bits per heavy atom. The van der Waals surface area contributed by atoms with Crippen molar-refractivity contribution < 1.29 is 9.53 Å². The van der Waals surface area contributed by atoms with Crippen LogP contribution in [-0.2, 0) is 16.1 Å². The van der Waals surface area contributed by atoms with Gasteiger partial charge in [-0.05, 0) is 6.92 Å². The molecule has 0 spiro atoms. The number of ether oxygens (including phenoxy) is 1. The fourth-order valence-corrected chi connectivity index (χ4v) is 1.19. The number of rotatable bonds is 3. The largest absolute Gasteiger partial charge is 0.468 e. The van der Waals surface area contributed by atoms with Crippen LogP contribution in [0.25, 0.3) is 0 Å². The van der Waals surface area contributed by atoms with E-state index in [-0.39, 0.29) is 6.54 Å². The molecule has 1 atom stereocenters. The predicted molar refractivity (Wildman–Crippen MR) is 56.1 cm³/mol. The van der Waals surface area contributed by atoms with Crippen LogP contribution in [0.5, 0.6) is 0 Å². The molecule has 7 nitrogen and oxygen atoms in total. The average Bonchev–Trinajstić information content (AvgIpc) is 2.24. The van der Waals surface area contributed by atoms with Gasteiger partial charge in [-0.25, -0.2) is 4.79 Å². The van der Waals surface area contributed by atoms with Crippen molar-refractivity contribution in [3.8, 4) is 0 Å². The van der Waals surface area contributed by atoms with Gasteiger partial charge in [-0.1, -0.05) is 0 Å². The van der Waals surface area contributed by atoms with Crippen molar-refractivity contribution in [2.75, 3.05) is 7.11 Å². The summed E-state index contributed by atoms with van der Waals surface area (Å²) in [6, 6.07) is -0.937. The van der Waals surface area contributed by atoms with Crippen LogP contribution in [0.3, 0.4) is 0 Å². The van der Waals surface area contributed by atoms with Gasteiger partial charge in [-0.3, -0.25) is 19.1 Å². The first-order valence-electron chi connectivity index (χ1n) is 4.59. The van der Waals surface area contributed by atoms with E-state index in [1.807, 2.05) is 0 Å². The van der Waals surface area contributed by atoms with Crippen molar-refractivity contribution in [1.82, 2.24) is 9.55 Å². The summed E-state index contributed by atoms with van der Waals surface area (Å²) in [5, 5.41) is 0. The monoisotopic (exact) mass is 227 g/mol. The molecule has 1 aromatic rings. The molecule has 3 N–H and O–H groups in total. The molecule has 0 unspecified atom stereocenters. The van der Waals surface area contributed by atoms with Crippen molar-refractivity contribution in [1.29, 1.82) is 0 Å². The van der Waals surface area contributed by atoms with Gasteiger partial charge >= 0.3 is 11.7 Å². The molecular formula is C9H13N3O4. The van der Waals surface area contributed by atoms with Crippen LogP contribution in [-0.4, -0.2) is 28.7 Å². The Kier molecular flexibility index (Phi) is 3.62. The highest BCUT2D eigenvalue weighted by atomic mass is 16.5. The van der Waals surface area contributed by atoms with E-state index in [1.165, 1.54) is 13.3 Å². The van der Waals surface area contributed by atoms with Gasteiger partial charge in [0, 0.05) is 11.8 Å². The van der Waals surface area contributed by atoms with E-state index in [2.05, 4.69) is 9.72 Å². The molecule has 0 aliphatic rings. The number of nitrogens with zero attached hydrogens (tertiary/aromatic N) is 1. The zero-order valence-corrected chi connectivity index (χ0v) is 9.02. The standard InChI is InChI=1S/C9H13N3O4/c1-5-3-12(9(15)11-7(5)13)4-6(10)8(14)16-2/h3,6H,4,10H2,1-2H3,(H,11,13,15)/t6-/m0/s1. The summed E-state index contributed by atoms with van der Waals surface area (Å²) in [6.45, 7) is 1.52. The molecule has 0 saturated heterocycles. The fourth-order valence-electron chi connectivity index (χ4n) is 1.19. The topological polar surface area (TPSA) is 107 Å². The van der Waals surface area contributed by atoms with Gasteiger partial charge < -0.3 is 10.5 Å². The number of aromatic nitrogens is 2. The van der Waals surface area contributed by atoms with Crippen molar-refractivity contribution in [3.63, 3.8) is 0 Å². The van der Waals surface area contributed by atoms with E-state index in [0.29, 0.717) is 5.56 Å². The highest BCUT2D eigenvalue weighted by molar-refractivity contribution is 5.75. The van der Waals surface area contributed by atoms with Gasteiger partial charge in [0.15, 0.2) is 0 Å². The molecule has 1 heterocycles. The third kappa shape index (κ3) is 2.57. The van der Waals surface area contributed by atoms with Gasteiger partial charge in [0.2, 0.25) is 0 Å². The SMILES string of the molecule is COC(=O)[C@@H](N)Cn1cc(C)c(=O)[nH]c1=O. The lowest BCUT2D eigenvalue weighted by Gasteiger charge is -2.11. The molecule has 0 fully saturated rings. The number of carbonyl (C=O) groups is 1. The lowest BCUT2D eigenvalue weighted by molar-refractivity contribution is -0.142. The first-order valence-corrected chi connectivity index (χ1v) is 4.59. The molecule has 0 amide bonds. The van der Waals surface area contributed by atoms with Gasteiger partial charge in [-0.15, -0.1) is 0 Å². The minimum absolute atomic E-state index is 0.0386. The van der Waals surface area contributed by atoms with Crippen molar-refractivity contribution in [2.24, 2.45) is 5.73 Å². The number of hydrogen-bond donors (Lipinski definition) is 2. The Bertz CT molecular complexity index is 502. The van der Waals surface area contributed by atoms with Gasteiger partial charge in [-0.2, -0.15) is 0 Å². The number of methoxy groups -OCH3 is 1. The summed E-state index contributed by atoms with van der Waals surface area (Å²) in [7, 11) is 1.21. The Hall–Kier alpha value is -1.89. The third-order valence-electron chi connectivity index (χ3n) is 2.09. The quantitative estimate of drug-likeness (QED) is 0.601. The van der Waals surface area contributed by atoms with Gasteiger partial charge in [0.05, 0.1) is 13.7 Å². The van der Waals surface area contributed by atoms with E-state index >= 15 is 0 Å². The maximum atomic E-state index is 11.3. The first-order chi connectivity index (χ1) is 7.45. The second-order valence-electron chi connectivity index (χ2n) is 3.35. The summed E-state index contributed by atoms with van der Waals surface area (Å²) in [6.07, 6.45) is 1.35. The van der Waals surface area contributed by atoms with E-state index in [1.54, 1.807) is 6.92 Å². The number of carbonyl (C=O) groups excluding carboxylic acids is 1. The molecule has 88 valence electrons. The highest BCUT2D eigenvalue weighted by Crippen LogP contribution is 1.90. The number of aromatic amines is 1. The maximum absolute atomic E-state index is 11.3. The van der Waals surface area contributed by atoms with Gasteiger partial charge in [0.25, 0.3) is 5.56 Å². The molecule has 1 aromatic heterocycles. The summed E-state index contributed by atoms with van der Waals surface area (Å²) in [4.78, 5) is 35.6. The number of hydrogen-bond acceptors (Lipinski definition) is 5. The summed E-state index contributed by atoms with van der Waals surface area (Å²) in [5.41, 5.74) is 4.81. The fraction of sp³-hybridized carbons (Fsp3) is 0.444. The number of nitrogens with one attached hydrogen (secondary N) is 1. The number of aryl methyl sites for hydroxylation is 1. The second kappa shape index (κ2) is 4.75. The third-order valence-corrected chi connectivity index (χ3v) is 2.09. The molecule has 16 heavy (non-hydrogen) atoms. The molecule has 0 radical (unpaired) electrons. The van der Waals surface area contributed by atoms with Crippen LogP contribution in [0.4, 0.5) is 0 Å². The molecule has 0 aromatic carbocycles. The van der Waals surface area contributed by atoms with Crippen molar-refractivity contribution in [3.05, 3.63) is 32.6 Å². The van der Waals surface area contributed by atoms with Crippen LogP contribution in [0.15, 0.2) is 15.8 Å². The first kappa shape index (κ1) is 12.2. The molecule has 0 saturated carbocycles. The van der Waals surface area contributed by atoms with Crippen LogP contribution in [0.1, 0.15) is 5.56 Å². The number of H-pyrrole nitrogens is 1. The summed E-state index contributed by atoms with van der Waals surface area (Å²) in [5.74, 6) is -0.615. The highest BCUT2D eigenvalue weighted by Gasteiger charge is 2.15. The Morgan fingerprint density at radius 3 is 2.81 bits per heavy atom. The van der Waals surface area contributed by atoms with Crippen molar-refractivity contribution in [2.45, 2.75) is 19.5 Å². The zero-order valence-electron chi connectivity index (χ0n) is 9.02. The minimum Gasteiger partial charge on any atom is -0.468 e. The summed E-state index contributed by atoms with van der Waals surface area (Å²) >= 11 is 0. The predicted octanol–water partition coefficient (Wildman–Crippen LogP) is -1.65. The van der Waals surface area contributed by atoms with E-state index in [0.717, 1.165) is 4.57 Å². The summed E-state index contributed by atoms with van der Waals surface area (Å²) < 4.78 is 5.59. The molecular weight excluding hydrogens is 214 g/mol. The van der Waals surface area contributed by atoms with E-state index in [9.17, 15) is 14.4 Å². The second-order valence-corrected chi connectivity index (χ2v) is 3.35. The van der Waals surface area contributed by atoms with Gasteiger partial charge in [0.1, 0.15) is 6.04 Å². The molecule has 0 bridgehead atoms.